The summed E-state index contributed by atoms with van der Waals surface area (Å²) in [7, 11) is 0. The highest BCUT2D eigenvalue weighted by Crippen LogP contribution is 2.46. The van der Waals surface area contributed by atoms with Gasteiger partial charge in [-0.2, -0.15) is 0 Å². The van der Waals surface area contributed by atoms with E-state index in [1.165, 1.54) is 11.1 Å². The number of hydrogen-bond acceptors (Lipinski definition) is 4. The van der Waals surface area contributed by atoms with Gasteiger partial charge < -0.3 is 18.9 Å². The molecule has 5 rings (SSSR count). The first-order valence-electron chi connectivity index (χ1n) is 16.7. The van der Waals surface area contributed by atoms with E-state index in [4.69, 9.17) is 30.5 Å². The Morgan fingerprint density at radius 1 is 0.787 bits per heavy atom. The molecule has 47 heavy (non-hydrogen) atoms. The van der Waals surface area contributed by atoms with E-state index in [0.717, 1.165) is 40.7 Å². The summed E-state index contributed by atoms with van der Waals surface area (Å²) in [5.41, 5.74) is 7.35. The van der Waals surface area contributed by atoms with Crippen molar-refractivity contribution in [3.05, 3.63) is 154 Å². The molecule has 5 atom stereocenters. The summed E-state index contributed by atoms with van der Waals surface area (Å²) in [5, 5.41) is 0.569. The van der Waals surface area contributed by atoms with Gasteiger partial charge in [0, 0.05) is 11.5 Å². The van der Waals surface area contributed by atoms with Crippen LogP contribution in [0.15, 0.2) is 110 Å². The van der Waals surface area contributed by atoms with Crippen LogP contribution in [0.25, 0.3) is 6.08 Å². The Labute approximate surface area is 286 Å². The second-order valence-electron chi connectivity index (χ2n) is 12.2. The molecular formula is C42H47ClO4. The van der Waals surface area contributed by atoms with Crippen molar-refractivity contribution in [1.82, 2.24) is 0 Å². The summed E-state index contributed by atoms with van der Waals surface area (Å²) < 4.78 is 27.0. The first kappa shape index (κ1) is 34.7. The summed E-state index contributed by atoms with van der Waals surface area (Å²) in [6.07, 6.45) is 4.85. The summed E-state index contributed by atoms with van der Waals surface area (Å²) >= 11 is 7.15. The lowest BCUT2D eigenvalue weighted by Gasteiger charge is -2.46. The smallest absolute Gasteiger partial charge is 0.146 e. The minimum atomic E-state index is -0.460. The fraction of sp³-hybridized carbons (Fsp3) is 0.333. The molecule has 1 saturated heterocycles. The molecule has 0 spiro atoms. The molecule has 0 amide bonds. The van der Waals surface area contributed by atoms with Crippen LogP contribution in [0.2, 0.25) is 5.02 Å². The Morgan fingerprint density at radius 3 is 1.94 bits per heavy atom. The largest absolute Gasteiger partial charge is 0.487 e. The SMILES string of the molecule is C=CCOc1c(Cl)c(Cc2ccc(CC)cc2)cc(C2O[C@H](CC)[C@@H](C)[C@H](OCc3ccccc3)[C@H]2OCc2ccccc2)c1C=C. The van der Waals surface area contributed by atoms with E-state index in [9.17, 15) is 0 Å². The van der Waals surface area contributed by atoms with Gasteiger partial charge in [0.25, 0.3) is 0 Å². The predicted molar refractivity (Wildman–Crippen MR) is 193 cm³/mol. The van der Waals surface area contributed by atoms with Crippen molar-refractivity contribution in [3.63, 3.8) is 0 Å². The standard InChI is InChI=1S/C42H47ClO4/c1-6-24-44-40-35(8-3)36(26-34(38(40)43)25-31-22-20-30(7-2)21-23-31)41-42(46-28-33-18-14-11-15-19-33)39(29(5)37(9-4)47-41)45-27-32-16-12-10-13-17-32/h6,8,10-23,26,29,37,39,41-42H,1,3,7,9,24-25,27-28H2,2,4-5H3/t29-,37-,39+,41?,42-/m1/s1. The van der Waals surface area contributed by atoms with Gasteiger partial charge in [0.05, 0.1) is 30.4 Å². The second kappa shape index (κ2) is 16.9. The number of ether oxygens (including phenoxy) is 4. The van der Waals surface area contributed by atoms with Gasteiger partial charge in [0.1, 0.15) is 24.6 Å². The Balaban J connectivity index is 1.61. The van der Waals surface area contributed by atoms with Gasteiger partial charge in [-0.15, -0.1) is 0 Å². The third kappa shape index (κ3) is 8.44. The molecule has 246 valence electrons. The number of hydrogen-bond donors (Lipinski definition) is 0. The van der Waals surface area contributed by atoms with Gasteiger partial charge in [-0.1, -0.05) is 149 Å². The molecule has 1 aliphatic rings. The van der Waals surface area contributed by atoms with E-state index in [1.54, 1.807) is 6.08 Å². The average Bonchev–Trinajstić information content (AvgIpc) is 3.11. The van der Waals surface area contributed by atoms with E-state index in [-0.39, 0.29) is 18.1 Å². The lowest BCUT2D eigenvalue weighted by Crippen LogP contribution is -2.52. The maximum atomic E-state index is 7.15. The van der Waals surface area contributed by atoms with Gasteiger partial charge in [0.2, 0.25) is 0 Å². The van der Waals surface area contributed by atoms with Crippen LogP contribution in [0.5, 0.6) is 5.75 Å². The zero-order chi connectivity index (χ0) is 33.2. The van der Waals surface area contributed by atoms with Crippen molar-refractivity contribution in [1.29, 1.82) is 0 Å². The Morgan fingerprint density at radius 2 is 1.38 bits per heavy atom. The topological polar surface area (TPSA) is 36.9 Å². The number of rotatable bonds is 15. The van der Waals surface area contributed by atoms with E-state index in [2.05, 4.69) is 88.5 Å². The zero-order valence-corrected chi connectivity index (χ0v) is 28.6. The minimum Gasteiger partial charge on any atom is -0.487 e. The quantitative estimate of drug-likeness (QED) is 0.120. The molecule has 0 aromatic heterocycles. The molecular weight excluding hydrogens is 604 g/mol. The number of halogens is 1. The van der Waals surface area contributed by atoms with Crippen molar-refractivity contribution in [3.8, 4) is 5.75 Å². The Bertz CT molecular complexity index is 1580. The molecule has 1 fully saturated rings. The Kier molecular flexibility index (Phi) is 12.5. The van der Waals surface area contributed by atoms with Crippen molar-refractivity contribution < 1.29 is 18.9 Å². The van der Waals surface area contributed by atoms with Gasteiger partial charge >= 0.3 is 0 Å². The van der Waals surface area contributed by atoms with E-state index < -0.39 is 12.2 Å². The van der Waals surface area contributed by atoms with Gasteiger partial charge in [-0.05, 0) is 52.6 Å². The Hall–Kier alpha value is -3.67. The van der Waals surface area contributed by atoms with Crippen LogP contribution < -0.4 is 4.74 Å². The van der Waals surface area contributed by atoms with E-state index >= 15 is 0 Å². The van der Waals surface area contributed by atoms with Gasteiger partial charge in [-0.3, -0.25) is 0 Å². The molecule has 5 heteroatoms. The van der Waals surface area contributed by atoms with Crippen LogP contribution in [0.4, 0.5) is 0 Å². The lowest BCUT2D eigenvalue weighted by atomic mass is 9.82. The van der Waals surface area contributed by atoms with Crippen LogP contribution in [-0.2, 0) is 40.3 Å². The molecule has 0 bridgehead atoms. The summed E-state index contributed by atoms with van der Waals surface area (Å²) in [6, 6.07) is 31.4. The molecule has 4 aromatic carbocycles. The first-order valence-corrected chi connectivity index (χ1v) is 17.1. The van der Waals surface area contributed by atoms with Gasteiger partial charge in [0.15, 0.2) is 0 Å². The van der Waals surface area contributed by atoms with Crippen molar-refractivity contribution >= 4 is 17.7 Å². The van der Waals surface area contributed by atoms with Crippen molar-refractivity contribution in [2.75, 3.05) is 6.61 Å². The molecule has 0 aliphatic carbocycles. The molecule has 4 aromatic rings. The highest BCUT2D eigenvalue weighted by atomic mass is 35.5. The maximum Gasteiger partial charge on any atom is 0.146 e. The van der Waals surface area contributed by atoms with Crippen molar-refractivity contribution in [2.45, 2.75) is 77.7 Å². The highest BCUT2D eigenvalue weighted by molar-refractivity contribution is 6.33. The lowest BCUT2D eigenvalue weighted by molar-refractivity contribution is -0.234. The zero-order valence-electron chi connectivity index (χ0n) is 27.9. The van der Waals surface area contributed by atoms with Crippen LogP contribution in [-0.4, -0.2) is 24.9 Å². The number of benzene rings is 4. The highest BCUT2D eigenvalue weighted by Gasteiger charge is 2.46. The third-order valence-corrected chi connectivity index (χ3v) is 9.48. The molecule has 1 aliphatic heterocycles. The minimum absolute atomic E-state index is 0.0479. The summed E-state index contributed by atoms with van der Waals surface area (Å²) in [4.78, 5) is 0. The fourth-order valence-corrected chi connectivity index (χ4v) is 6.73. The molecule has 0 N–H and O–H groups in total. The van der Waals surface area contributed by atoms with Crippen LogP contribution >= 0.6 is 11.6 Å². The third-order valence-electron chi connectivity index (χ3n) is 9.07. The normalized spacial score (nSPS) is 20.9. The molecule has 0 radical (unpaired) electrons. The second-order valence-corrected chi connectivity index (χ2v) is 12.6. The van der Waals surface area contributed by atoms with Crippen LogP contribution in [0, 0.1) is 5.92 Å². The fourth-order valence-electron chi connectivity index (χ4n) is 6.45. The first-order chi connectivity index (χ1) is 23.0. The van der Waals surface area contributed by atoms with Crippen LogP contribution in [0.1, 0.15) is 72.2 Å². The molecule has 0 saturated carbocycles. The van der Waals surface area contributed by atoms with E-state index in [0.29, 0.717) is 37.0 Å². The number of aryl methyl sites for hydroxylation is 1. The van der Waals surface area contributed by atoms with Gasteiger partial charge in [-0.25, -0.2) is 0 Å². The van der Waals surface area contributed by atoms with E-state index in [1.807, 2.05) is 42.5 Å². The molecule has 4 nitrogen and oxygen atoms in total. The monoisotopic (exact) mass is 650 g/mol. The molecule has 1 heterocycles. The molecule has 1 unspecified atom stereocenters. The maximum absolute atomic E-state index is 7.15. The predicted octanol–water partition coefficient (Wildman–Crippen LogP) is 10.4. The summed E-state index contributed by atoms with van der Waals surface area (Å²) in [5.74, 6) is 0.673. The summed E-state index contributed by atoms with van der Waals surface area (Å²) in [6.45, 7) is 15.8. The van der Waals surface area contributed by atoms with Crippen molar-refractivity contribution in [2.24, 2.45) is 5.92 Å². The van der Waals surface area contributed by atoms with Crippen LogP contribution in [0.3, 0.4) is 0 Å². The average molecular weight is 651 g/mol.